The van der Waals surface area contributed by atoms with Gasteiger partial charge in [-0.15, -0.1) is 0 Å². The van der Waals surface area contributed by atoms with Crippen molar-refractivity contribution in [3.63, 3.8) is 0 Å². The fourth-order valence-electron chi connectivity index (χ4n) is 2.40. The summed E-state index contributed by atoms with van der Waals surface area (Å²) in [5.74, 6) is 0. The average Bonchev–Trinajstić information content (AvgIpc) is 2.75. The van der Waals surface area contributed by atoms with Crippen LogP contribution in [0.3, 0.4) is 0 Å². The Hall–Kier alpha value is -1.32. The van der Waals surface area contributed by atoms with E-state index in [1.165, 1.54) is 16.5 Å². The Labute approximate surface area is 121 Å². The van der Waals surface area contributed by atoms with Crippen LogP contribution in [0, 0.1) is 0 Å². The number of rotatable bonds is 6. The van der Waals surface area contributed by atoms with Gasteiger partial charge in [-0.25, -0.2) is 0 Å². The molecule has 3 nitrogen and oxygen atoms in total. The summed E-state index contributed by atoms with van der Waals surface area (Å²) in [7, 11) is 0. The molecular formula is C17H26N2O. The molecule has 0 atom stereocenters. The minimum Gasteiger partial charge on any atom is -0.396 e. The van der Waals surface area contributed by atoms with Gasteiger partial charge < -0.3 is 15.0 Å². The molecule has 0 spiro atoms. The van der Waals surface area contributed by atoms with E-state index in [-0.39, 0.29) is 12.1 Å². The Kier molecular flexibility index (Phi) is 4.84. The van der Waals surface area contributed by atoms with Gasteiger partial charge in [-0.05, 0) is 45.2 Å². The minimum atomic E-state index is 0.125. The van der Waals surface area contributed by atoms with E-state index in [2.05, 4.69) is 61.1 Å². The molecule has 2 aromatic rings. The van der Waals surface area contributed by atoms with Crippen LogP contribution < -0.4 is 5.32 Å². The molecule has 0 radical (unpaired) electrons. The zero-order valence-electron chi connectivity index (χ0n) is 12.8. The number of aromatic nitrogens is 1. The third kappa shape index (κ3) is 3.84. The van der Waals surface area contributed by atoms with Crippen molar-refractivity contribution in [1.29, 1.82) is 0 Å². The molecule has 3 heteroatoms. The molecule has 110 valence electrons. The maximum absolute atomic E-state index is 8.92. The first-order chi connectivity index (χ1) is 9.51. The van der Waals surface area contributed by atoms with Crippen LogP contribution in [0.1, 0.15) is 39.2 Å². The third-order valence-corrected chi connectivity index (χ3v) is 3.49. The van der Waals surface area contributed by atoms with Crippen LogP contribution in [0.25, 0.3) is 10.9 Å². The predicted octanol–water partition coefficient (Wildman–Crippen LogP) is 3.30. The van der Waals surface area contributed by atoms with Gasteiger partial charge in [-0.2, -0.15) is 0 Å². The third-order valence-electron chi connectivity index (χ3n) is 3.49. The van der Waals surface area contributed by atoms with Crippen LogP contribution in [0.5, 0.6) is 0 Å². The van der Waals surface area contributed by atoms with E-state index in [0.29, 0.717) is 0 Å². The Balaban J connectivity index is 2.21. The largest absolute Gasteiger partial charge is 0.396 e. The maximum Gasteiger partial charge on any atom is 0.0483 e. The molecule has 1 aromatic carbocycles. The standard InChI is InChI=1S/C17H26N2O/c1-17(2,3)18-12-14-13-19(10-6-7-11-20)16-9-5-4-8-15(14)16/h4-5,8-9,13,18,20H,6-7,10-12H2,1-3H3. The van der Waals surface area contributed by atoms with Crippen LogP contribution in [0.2, 0.25) is 0 Å². The van der Waals surface area contributed by atoms with E-state index in [1.807, 2.05) is 0 Å². The van der Waals surface area contributed by atoms with Crippen LogP contribution in [0.4, 0.5) is 0 Å². The smallest absolute Gasteiger partial charge is 0.0483 e. The van der Waals surface area contributed by atoms with E-state index >= 15 is 0 Å². The number of hydrogen-bond acceptors (Lipinski definition) is 2. The highest BCUT2D eigenvalue weighted by Crippen LogP contribution is 2.22. The lowest BCUT2D eigenvalue weighted by atomic mass is 10.1. The van der Waals surface area contributed by atoms with Crippen molar-refractivity contribution in [2.24, 2.45) is 0 Å². The number of benzene rings is 1. The Morgan fingerprint density at radius 3 is 2.60 bits per heavy atom. The van der Waals surface area contributed by atoms with E-state index in [4.69, 9.17) is 5.11 Å². The van der Waals surface area contributed by atoms with Gasteiger partial charge in [0.1, 0.15) is 0 Å². The van der Waals surface area contributed by atoms with E-state index in [0.717, 1.165) is 25.9 Å². The highest BCUT2D eigenvalue weighted by molar-refractivity contribution is 5.83. The van der Waals surface area contributed by atoms with Gasteiger partial charge in [0, 0.05) is 42.3 Å². The van der Waals surface area contributed by atoms with E-state index in [1.54, 1.807) is 0 Å². The van der Waals surface area contributed by atoms with Crippen molar-refractivity contribution < 1.29 is 5.11 Å². The van der Waals surface area contributed by atoms with Crippen molar-refractivity contribution >= 4 is 10.9 Å². The topological polar surface area (TPSA) is 37.2 Å². The first-order valence-electron chi connectivity index (χ1n) is 7.44. The van der Waals surface area contributed by atoms with Crippen molar-refractivity contribution in [2.45, 2.75) is 52.2 Å². The maximum atomic E-state index is 8.92. The number of nitrogens with one attached hydrogen (secondary N) is 1. The van der Waals surface area contributed by atoms with Gasteiger partial charge in [0.2, 0.25) is 0 Å². The molecule has 0 aliphatic heterocycles. The highest BCUT2D eigenvalue weighted by Gasteiger charge is 2.12. The summed E-state index contributed by atoms with van der Waals surface area (Å²) >= 11 is 0. The number of unbranched alkanes of at least 4 members (excludes halogenated alkanes) is 1. The second-order valence-electron chi connectivity index (χ2n) is 6.40. The summed E-state index contributed by atoms with van der Waals surface area (Å²) in [6.45, 7) is 8.69. The van der Waals surface area contributed by atoms with Gasteiger partial charge in [-0.3, -0.25) is 0 Å². The number of aliphatic hydroxyl groups is 1. The summed E-state index contributed by atoms with van der Waals surface area (Å²) in [4.78, 5) is 0. The lowest BCUT2D eigenvalue weighted by Gasteiger charge is -2.20. The molecule has 0 saturated heterocycles. The van der Waals surface area contributed by atoms with Crippen molar-refractivity contribution in [2.75, 3.05) is 6.61 Å². The summed E-state index contributed by atoms with van der Waals surface area (Å²) in [6, 6.07) is 8.55. The van der Waals surface area contributed by atoms with Crippen LogP contribution in [0.15, 0.2) is 30.5 Å². The average molecular weight is 274 g/mol. The molecule has 0 unspecified atom stereocenters. The number of para-hydroxylation sites is 1. The second kappa shape index (κ2) is 6.42. The summed E-state index contributed by atoms with van der Waals surface area (Å²) < 4.78 is 2.31. The zero-order chi connectivity index (χ0) is 14.6. The second-order valence-corrected chi connectivity index (χ2v) is 6.40. The lowest BCUT2D eigenvalue weighted by molar-refractivity contribution is 0.281. The van der Waals surface area contributed by atoms with Gasteiger partial charge >= 0.3 is 0 Å². The van der Waals surface area contributed by atoms with Gasteiger partial charge in [0.05, 0.1) is 0 Å². The van der Waals surface area contributed by atoms with Gasteiger partial charge in [0.25, 0.3) is 0 Å². The molecule has 1 aromatic heterocycles. The van der Waals surface area contributed by atoms with Gasteiger partial charge in [0.15, 0.2) is 0 Å². The molecule has 2 rings (SSSR count). The minimum absolute atomic E-state index is 0.125. The fourth-order valence-corrected chi connectivity index (χ4v) is 2.40. The van der Waals surface area contributed by atoms with Crippen LogP contribution in [-0.2, 0) is 13.1 Å². The van der Waals surface area contributed by atoms with Crippen molar-refractivity contribution in [3.05, 3.63) is 36.0 Å². The number of fused-ring (bicyclic) bond motifs is 1. The normalized spacial score (nSPS) is 12.2. The van der Waals surface area contributed by atoms with Crippen LogP contribution >= 0.6 is 0 Å². The zero-order valence-corrected chi connectivity index (χ0v) is 12.8. The molecule has 2 N–H and O–H groups in total. The first kappa shape index (κ1) is 15.1. The van der Waals surface area contributed by atoms with Crippen LogP contribution in [-0.4, -0.2) is 21.8 Å². The molecule has 0 aliphatic rings. The molecule has 0 bridgehead atoms. The Bertz CT molecular complexity index is 552. The molecule has 0 fully saturated rings. The quantitative estimate of drug-likeness (QED) is 0.793. The van der Waals surface area contributed by atoms with Crippen molar-refractivity contribution in [1.82, 2.24) is 9.88 Å². The number of hydrogen-bond donors (Lipinski definition) is 2. The summed E-state index contributed by atoms with van der Waals surface area (Å²) in [5.41, 5.74) is 2.76. The first-order valence-corrected chi connectivity index (χ1v) is 7.44. The molecule has 0 aliphatic carbocycles. The van der Waals surface area contributed by atoms with Gasteiger partial charge in [-0.1, -0.05) is 18.2 Å². The highest BCUT2D eigenvalue weighted by atomic mass is 16.2. The Morgan fingerprint density at radius 2 is 1.90 bits per heavy atom. The predicted molar refractivity (Wildman–Crippen MR) is 84.9 cm³/mol. The monoisotopic (exact) mass is 274 g/mol. The summed E-state index contributed by atoms with van der Waals surface area (Å²) in [5, 5.41) is 13.8. The SMILES string of the molecule is CC(C)(C)NCc1cn(CCCCO)c2ccccc12. The fraction of sp³-hybridized carbons (Fsp3) is 0.529. The lowest BCUT2D eigenvalue weighted by Crippen LogP contribution is -2.34. The molecule has 20 heavy (non-hydrogen) atoms. The van der Waals surface area contributed by atoms with Crippen molar-refractivity contribution in [3.8, 4) is 0 Å². The number of aliphatic hydroxyl groups excluding tert-OH is 1. The number of nitrogens with zero attached hydrogens (tertiary/aromatic N) is 1. The van der Waals surface area contributed by atoms with E-state index in [9.17, 15) is 0 Å². The molecule has 1 heterocycles. The Morgan fingerprint density at radius 1 is 1.15 bits per heavy atom. The summed E-state index contributed by atoms with van der Waals surface area (Å²) in [6.07, 6.45) is 4.13. The molecular weight excluding hydrogens is 248 g/mol. The molecule has 0 saturated carbocycles. The molecule has 0 amide bonds. The van der Waals surface area contributed by atoms with E-state index < -0.39 is 0 Å². The number of aryl methyl sites for hydroxylation is 1.